The lowest BCUT2D eigenvalue weighted by Gasteiger charge is -2.12. The van der Waals surface area contributed by atoms with Gasteiger partial charge in [-0.1, -0.05) is 32.0 Å². The molecular formula is C23H23N7O2S. The lowest BCUT2D eigenvalue weighted by molar-refractivity contribution is -0.115. The Balaban J connectivity index is 1.31. The molecule has 5 aromatic rings. The van der Waals surface area contributed by atoms with Crippen molar-refractivity contribution >= 4 is 34.2 Å². The Hall–Kier alpha value is -3.79. The molecule has 0 atom stereocenters. The maximum absolute atomic E-state index is 12.5. The number of imidazole rings is 1. The second-order valence-electron chi connectivity index (χ2n) is 8.89. The number of benzene rings is 1. The predicted octanol–water partition coefficient (Wildman–Crippen LogP) is 4.35. The lowest BCUT2D eigenvalue weighted by Crippen LogP contribution is -2.14. The van der Waals surface area contributed by atoms with Crippen LogP contribution in [0.4, 0.5) is 5.88 Å². The average Bonchev–Trinajstić information content (AvgIpc) is 3.53. The fourth-order valence-electron chi connectivity index (χ4n) is 3.44. The maximum atomic E-state index is 12.5. The quantitative estimate of drug-likeness (QED) is 0.417. The number of nitrogens with one attached hydrogen (secondary N) is 1. The molecule has 0 bridgehead atoms. The lowest BCUT2D eigenvalue weighted by atomic mass is 9.92. The Morgan fingerprint density at radius 2 is 2.06 bits per heavy atom. The minimum Gasteiger partial charge on any atom is -0.338 e. The Bertz CT molecular complexity index is 1450. The van der Waals surface area contributed by atoms with Crippen LogP contribution in [0, 0.1) is 0 Å². The monoisotopic (exact) mass is 461 g/mol. The number of aryl methyl sites for hydroxylation is 1. The minimum absolute atomic E-state index is 0.139. The summed E-state index contributed by atoms with van der Waals surface area (Å²) in [5.74, 6) is 0.130. The van der Waals surface area contributed by atoms with Gasteiger partial charge in [0.15, 0.2) is 5.13 Å². The van der Waals surface area contributed by atoms with E-state index in [0.29, 0.717) is 11.6 Å². The SMILES string of the molecule is Cn1cc(-c2ccc3c(c2)ncn3-c2nc(CC(=O)Nc3cc(C(C)(C)C)no3)cs2)cn1. The number of nitrogens with zero attached hydrogens (tertiary/aromatic N) is 6. The zero-order valence-electron chi connectivity index (χ0n) is 18.7. The van der Waals surface area contributed by atoms with Gasteiger partial charge in [0, 0.05) is 35.7 Å². The molecule has 1 aromatic carbocycles. The van der Waals surface area contributed by atoms with Crippen molar-refractivity contribution in [3.63, 3.8) is 0 Å². The van der Waals surface area contributed by atoms with Crippen molar-refractivity contribution in [3.8, 4) is 16.3 Å². The smallest absolute Gasteiger partial charge is 0.232 e. The van der Waals surface area contributed by atoms with Gasteiger partial charge in [0.2, 0.25) is 11.8 Å². The van der Waals surface area contributed by atoms with Gasteiger partial charge in [0.05, 0.1) is 35.0 Å². The Kier molecular flexibility index (Phi) is 5.09. The summed E-state index contributed by atoms with van der Waals surface area (Å²) in [6, 6.07) is 7.85. The van der Waals surface area contributed by atoms with E-state index in [4.69, 9.17) is 4.52 Å². The van der Waals surface area contributed by atoms with Gasteiger partial charge in [0.1, 0.15) is 6.33 Å². The third kappa shape index (κ3) is 4.29. The second kappa shape index (κ2) is 7.96. The Labute approximate surface area is 194 Å². The summed E-state index contributed by atoms with van der Waals surface area (Å²) in [6.07, 6.45) is 5.70. The van der Waals surface area contributed by atoms with Gasteiger partial charge < -0.3 is 4.52 Å². The third-order valence-corrected chi connectivity index (χ3v) is 6.10. The largest absolute Gasteiger partial charge is 0.338 e. The van der Waals surface area contributed by atoms with E-state index in [1.165, 1.54) is 11.3 Å². The van der Waals surface area contributed by atoms with Gasteiger partial charge in [-0.3, -0.25) is 19.4 Å². The molecule has 10 heteroatoms. The standard InChI is InChI=1S/C23H23N7O2S/c1-23(2,3)19-9-21(32-28-19)27-20(31)8-16-12-33-22(26-16)30-13-24-17-7-14(5-6-18(17)30)15-10-25-29(4)11-15/h5-7,9-13H,8H2,1-4H3,(H,27,31). The first-order valence-electron chi connectivity index (χ1n) is 10.4. The zero-order chi connectivity index (χ0) is 23.2. The van der Waals surface area contributed by atoms with Crippen molar-refractivity contribution in [2.24, 2.45) is 7.05 Å². The number of anilines is 1. The summed E-state index contributed by atoms with van der Waals surface area (Å²) in [5, 5.41) is 13.6. The van der Waals surface area contributed by atoms with Crippen molar-refractivity contribution in [2.45, 2.75) is 32.6 Å². The highest BCUT2D eigenvalue weighted by Gasteiger charge is 2.20. The summed E-state index contributed by atoms with van der Waals surface area (Å²) in [5.41, 5.74) is 5.22. The molecule has 0 spiro atoms. The molecule has 0 aliphatic carbocycles. The number of hydrogen-bond donors (Lipinski definition) is 1. The van der Waals surface area contributed by atoms with Crippen LogP contribution in [0.15, 0.2) is 52.9 Å². The van der Waals surface area contributed by atoms with Crippen LogP contribution in [0.25, 0.3) is 27.3 Å². The molecule has 0 aliphatic rings. The molecule has 0 saturated heterocycles. The number of aromatic nitrogens is 6. The van der Waals surface area contributed by atoms with E-state index in [-0.39, 0.29) is 17.7 Å². The van der Waals surface area contributed by atoms with Gasteiger partial charge in [0.25, 0.3) is 0 Å². The second-order valence-corrected chi connectivity index (χ2v) is 9.73. The van der Waals surface area contributed by atoms with E-state index in [0.717, 1.165) is 33.0 Å². The van der Waals surface area contributed by atoms with E-state index >= 15 is 0 Å². The molecule has 0 unspecified atom stereocenters. The number of hydrogen-bond acceptors (Lipinski definition) is 7. The highest BCUT2D eigenvalue weighted by atomic mass is 32.1. The minimum atomic E-state index is -0.208. The van der Waals surface area contributed by atoms with Crippen molar-refractivity contribution in [1.29, 1.82) is 0 Å². The molecule has 9 nitrogen and oxygen atoms in total. The first-order chi connectivity index (χ1) is 15.8. The molecule has 0 radical (unpaired) electrons. The topological polar surface area (TPSA) is 104 Å². The first-order valence-corrected chi connectivity index (χ1v) is 11.3. The van der Waals surface area contributed by atoms with E-state index < -0.39 is 0 Å². The molecule has 4 heterocycles. The highest BCUT2D eigenvalue weighted by Crippen LogP contribution is 2.27. The Morgan fingerprint density at radius 3 is 2.79 bits per heavy atom. The Morgan fingerprint density at radius 1 is 1.21 bits per heavy atom. The molecule has 1 amide bonds. The molecule has 5 rings (SSSR count). The molecule has 0 saturated carbocycles. The molecule has 0 aliphatic heterocycles. The summed E-state index contributed by atoms with van der Waals surface area (Å²) in [4.78, 5) is 21.6. The number of fused-ring (bicyclic) bond motifs is 1. The fourth-order valence-corrected chi connectivity index (χ4v) is 4.24. The summed E-state index contributed by atoms with van der Waals surface area (Å²) in [6.45, 7) is 6.10. The van der Waals surface area contributed by atoms with Crippen LogP contribution in [-0.4, -0.2) is 35.4 Å². The fraction of sp³-hybridized carbons (Fsp3) is 0.261. The number of carbonyl (C=O) groups is 1. The molecule has 1 N–H and O–H groups in total. The number of thiazole rings is 1. The molecule has 0 fully saturated rings. The van der Waals surface area contributed by atoms with E-state index in [2.05, 4.69) is 25.5 Å². The van der Waals surface area contributed by atoms with Crippen LogP contribution >= 0.6 is 11.3 Å². The highest BCUT2D eigenvalue weighted by molar-refractivity contribution is 7.12. The van der Waals surface area contributed by atoms with E-state index in [9.17, 15) is 4.79 Å². The summed E-state index contributed by atoms with van der Waals surface area (Å²) in [7, 11) is 1.89. The summed E-state index contributed by atoms with van der Waals surface area (Å²) < 4.78 is 8.94. The normalized spacial score (nSPS) is 11.9. The van der Waals surface area contributed by atoms with E-state index in [1.807, 2.05) is 68.4 Å². The van der Waals surface area contributed by atoms with Crippen molar-refractivity contribution in [1.82, 2.24) is 29.5 Å². The van der Waals surface area contributed by atoms with Crippen LogP contribution in [-0.2, 0) is 23.7 Å². The zero-order valence-corrected chi connectivity index (χ0v) is 19.6. The van der Waals surface area contributed by atoms with Crippen LogP contribution in [0.5, 0.6) is 0 Å². The maximum Gasteiger partial charge on any atom is 0.232 e. The summed E-state index contributed by atoms with van der Waals surface area (Å²) >= 11 is 1.46. The van der Waals surface area contributed by atoms with Crippen molar-refractivity contribution < 1.29 is 9.32 Å². The number of amides is 1. The van der Waals surface area contributed by atoms with E-state index in [1.54, 1.807) is 17.1 Å². The van der Waals surface area contributed by atoms with Gasteiger partial charge in [-0.15, -0.1) is 11.3 Å². The van der Waals surface area contributed by atoms with Crippen LogP contribution in [0.2, 0.25) is 0 Å². The van der Waals surface area contributed by atoms with Crippen LogP contribution in [0.3, 0.4) is 0 Å². The number of rotatable bonds is 5. The van der Waals surface area contributed by atoms with Crippen LogP contribution in [0.1, 0.15) is 32.2 Å². The van der Waals surface area contributed by atoms with Crippen LogP contribution < -0.4 is 5.32 Å². The van der Waals surface area contributed by atoms with Crippen molar-refractivity contribution in [2.75, 3.05) is 5.32 Å². The molecule has 33 heavy (non-hydrogen) atoms. The van der Waals surface area contributed by atoms with Crippen molar-refractivity contribution in [3.05, 3.63) is 59.8 Å². The van der Waals surface area contributed by atoms with Gasteiger partial charge >= 0.3 is 0 Å². The molecule has 168 valence electrons. The first kappa shape index (κ1) is 21.1. The third-order valence-electron chi connectivity index (χ3n) is 5.21. The molecule has 4 aromatic heterocycles. The van der Waals surface area contributed by atoms with Gasteiger partial charge in [-0.25, -0.2) is 9.97 Å². The van der Waals surface area contributed by atoms with Gasteiger partial charge in [-0.2, -0.15) is 5.10 Å². The molecular weight excluding hydrogens is 438 g/mol. The predicted molar refractivity (Wildman–Crippen MR) is 126 cm³/mol. The number of carbonyl (C=O) groups excluding carboxylic acids is 1. The van der Waals surface area contributed by atoms with Gasteiger partial charge in [-0.05, 0) is 17.7 Å². The average molecular weight is 462 g/mol.